The zero-order valence-electron chi connectivity index (χ0n) is 14.8. The van der Waals surface area contributed by atoms with Gasteiger partial charge in [-0.2, -0.15) is 13.2 Å². The lowest BCUT2D eigenvalue weighted by atomic mass is 10.5. The number of nitrogens with zero attached hydrogens (tertiary/aromatic N) is 1. The van der Waals surface area contributed by atoms with Gasteiger partial charge in [0.05, 0.1) is 13.2 Å². The van der Waals surface area contributed by atoms with Crippen LogP contribution < -0.4 is 0 Å². The normalized spacial score (nSPS) is 12.8. The SMILES string of the molecule is O=C(Cl)CC(F)(F)F.O=C(Cl)CCBr.O=C(Cl)CCCl.O=C(Cl)N1CCOCC1. The molecule has 6 nitrogen and oxygen atoms in total. The van der Waals surface area contributed by atoms with E-state index in [1.807, 2.05) is 0 Å². The van der Waals surface area contributed by atoms with E-state index < -0.39 is 17.8 Å². The smallest absolute Gasteiger partial charge is 0.378 e. The van der Waals surface area contributed by atoms with Crippen molar-refractivity contribution in [2.45, 2.75) is 25.4 Å². The molecule has 1 aliphatic rings. The molecular weight excluding hydrogens is 576 g/mol. The highest BCUT2D eigenvalue weighted by atomic mass is 79.9. The Labute approximate surface area is 199 Å². The summed E-state index contributed by atoms with van der Waals surface area (Å²) in [6.07, 6.45) is -5.32. The molecule has 0 saturated carbocycles. The Kier molecular flexibility index (Phi) is 24.9. The van der Waals surface area contributed by atoms with Crippen molar-refractivity contribution >= 4 is 95.0 Å². The molecule has 0 aromatic carbocycles. The van der Waals surface area contributed by atoms with Crippen LogP contribution >= 0.6 is 73.9 Å². The minimum atomic E-state index is -4.46. The summed E-state index contributed by atoms with van der Waals surface area (Å²) >= 11 is 27.5. The molecule has 172 valence electrons. The molecule has 0 bridgehead atoms. The van der Waals surface area contributed by atoms with Gasteiger partial charge in [-0.05, 0) is 46.4 Å². The monoisotopic (exact) mass is 591 g/mol. The van der Waals surface area contributed by atoms with Crippen LogP contribution in [0.2, 0.25) is 0 Å². The molecule has 1 fully saturated rings. The number of hydrogen-bond acceptors (Lipinski definition) is 5. The van der Waals surface area contributed by atoms with Crippen LogP contribution in [0.3, 0.4) is 0 Å². The molecule has 1 aliphatic heterocycles. The maximum Gasteiger partial charge on any atom is 0.397 e. The van der Waals surface area contributed by atoms with Crippen molar-refractivity contribution < 1.29 is 37.1 Å². The van der Waals surface area contributed by atoms with Crippen LogP contribution in [-0.4, -0.2) is 69.7 Å². The predicted molar refractivity (Wildman–Crippen MR) is 111 cm³/mol. The first kappa shape index (κ1) is 33.8. The molecule has 0 spiro atoms. The summed E-state index contributed by atoms with van der Waals surface area (Å²) in [4.78, 5) is 41.0. The number of carbonyl (C=O) groups is 4. The Morgan fingerprint density at radius 1 is 0.897 bits per heavy atom. The van der Waals surface area contributed by atoms with Gasteiger partial charge >= 0.3 is 11.5 Å². The van der Waals surface area contributed by atoms with E-state index in [4.69, 9.17) is 51.1 Å². The molecule has 1 amide bonds. The first-order valence-corrected chi connectivity index (χ1v) is 10.7. The second kappa shape index (κ2) is 21.4. The molecule has 0 aromatic rings. The van der Waals surface area contributed by atoms with Gasteiger partial charge in [0, 0.05) is 37.1 Å². The molecule has 1 rings (SSSR count). The average Bonchev–Trinajstić information content (AvgIpc) is 2.54. The van der Waals surface area contributed by atoms with Crippen LogP contribution in [0.1, 0.15) is 19.3 Å². The molecule has 0 aliphatic carbocycles. The molecule has 29 heavy (non-hydrogen) atoms. The number of alkyl halides is 5. The number of rotatable bonds is 5. The van der Waals surface area contributed by atoms with E-state index in [1.165, 1.54) is 0 Å². The fraction of sp³-hybridized carbons (Fsp3) is 0.714. The molecule has 1 saturated heterocycles. The number of ether oxygens (including phenoxy) is 1. The highest BCUT2D eigenvalue weighted by molar-refractivity contribution is 9.09. The van der Waals surface area contributed by atoms with Gasteiger partial charge in [0.2, 0.25) is 15.7 Å². The van der Waals surface area contributed by atoms with Crippen LogP contribution in [0.5, 0.6) is 0 Å². The maximum absolute atomic E-state index is 11.0. The summed E-state index contributed by atoms with van der Waals surface area (Å²) in [5.74, 6) is 0.322. The summed E-state index contributed by atoms with van der Waals surface area (Å²) in [5, 5.41) is -1.75. The van der Waals surface area contributed by atoms with E-state index in [9.17, 15) is 32.3 Å². The lowest BCUT2D eigenvalue weighted by Crippen LogP contribution is -2.37. The van der Waals surface area contributed by atoms with Crippen LogP contribution in [-0.2, 0) is 19.1 Å². The standard InChI is InChI=1S/C5H8ClNO2.C3H4BrClO.C3H4Cl2O.C3H2ClF3O/c6-5(8)7-1-3-9-4-2-7;2*4-2-1-3(5)6;4-2(8)1-3(5,6)7/h1-4H2;2*1-2H2;1H2. The second-order valence-electron chi connectivity index (χ2n) is 4.59. The van der Waals surface area contributed by atoms with Crippen molar-refractivity contribution in [1.82, 2.24) is 4.90 Å². The van der Waals surface area contributed by atoms with Crippen LogP contribution in [0.25, 0.3) is 0 Å². The van der Waals surface area contributed by atoms with Crippen molar-refractivity contribution in [3.63, 3.8) is 0 Å². The zero-order valence-corrected chi connectivity index (χ0v) is 20.1. The summed E-state index contributed by atoms with van der Waals surface area (Å²) in [5.41, 5.74) is 0. The van der Waals surface area contributed by atoms with Crippen molar-refractivity contribution in [1.29, 1.82) is 0 Å². The number of halogens is 9. The summed E-state index contributed by atoms with van der Waals surface area (Å²) < 4.78 is 38.0. The quantitative estimate of drug-likeness (QED) is 0.245. The Balaban J connectivity index is -0.000000317. The van der Waals surface area contributed by atoms with E-state index in [1.54, 1.807) is 4.90 Å². The van der Waals surface area contributed by atoms with E-state index >= 15 is 0 Å². The molecule has 0 atom stereocenters. The molecule has 15 heteroatoms. The van der Waals surface area contributed by atoms with Gasteiger partial charge in [0.15, 0.2) is 0 Å². The lowest BCUT2D eigenvalue weighted by molar-refractivity contribution is -0.146. The maximum atomic E-state index is 11.0. The first-order chi connectivity index (χ1) is 13.3. The zero-order chi connectivity index (χ0) is 23.5. The molecule has 0 radical (unpaired) electrons. The Morgan fingerprint density at radius 2 is 1.34 bits per heavy atom. The molecule has 0 aromatic heterocycles. The third kappa shape index (κ3) is 35.9. The van der Waals surface area contributed by atoms with Gasteiger partial charge in [-0.3, -0.25) is 19.2 Å². The number of hydrogen-bond donors (Lipinski definition) is 0. The fourth-order valence-corrected chi connectivity index (χ4v) is 2.41. The van der Waals surface area contributed by atoms with E-state index in [2.05, 4.69) is 27.5 Å². The third-order valence-corrected chi connectivity index (χ3v) is 3.52. The summed E-state index contributed by atoms with van der Waals surface area (Å²) in [6.45, 7) is 2.47. The Bertz CT molecular complexity index is 479. The van der Waals surface area contributed by atoms with Gasteiger partial charge in [-0.25, -0.2) is 0 Å². The second-order valence-corrected chi connectivity index (χ2v) is 7.35. The largest absolute Gasteiger partial charge is 0.397 e. The molecule has 0 N–H and O–H groups in total. The van der Waals surface area contributed by atoms with Gasteiger partial charge in [-0.1, -0.05) is 15.9 Å². The van der Waals surface area contributed by atoms with Crippen LogP contribution in [0.4, 0.5) is 18.0 Å². The van der Waals surface area contributed by atoms with E-state index in [0.717, 1.165) is 0 Å². The van der Waals surface area contributed by atoms with E-state index in [-0.39, 0.29) is 22.3 Å². The van der Waals surface area contributed by atoms with Crippen molar-refractivity contribution in [3.8, 4) is 0 Å². The van der Waals surface area contributed by atoms with E-state index in [0.29, 0.717) is 43.9 Å². The van der Waals surface area contributed by atoms with Gasteiger partial charge in [0.1, 0.15) is 6.42 Å². The molecular formula is C14H18BrCl5F3NO5. The Morgan fingerprint density at radius 3 is 1.45 bits per heavy atom. The third-order valence-electron chi connectivity index (χ3n) is 2.18. The Hall–Kier alpha value is 0.160. The molecule has 1 heterocycles. The molecule has 0 unspecified atom stereocenters. The van der Waals surface area contributed by atoms with Crippen molar-refractivity contribution in [3.05, 3.63) is 0 Å². The summed E-state index contributed by atoms with van der Waals surface area (Å²) in [6, 6.07) is 0. The van der Waals surface area contributed by atoms with Crippen molar-refractivity contribution in [2.75, 3.05) is 37.5 Å². The number of carbonyl (C=O) groups excluding carboxylic acids is 4. The fourth-order valence-electron chi connectivity index (χ4n) is 1.05. The van der Waals surface area contributed by atoms with Gasteiger partial charge in [-0.15, -0.1) is 11.6 Å². The van der Waals surface area contributed by atoms with Gasteiger partial charge < -0.3 is 9.64 Å². The topological polar surface area (TPSA) is 80.8 Å². The lowest BCUT2D eigenvalue weighted by Gasteiger charge is -2.23. The summed E-state index contributed by atoms with van der Waals surface area (Å²) in [7, 11) is 0. The average molecular weight is 594 g/mol. The number of amides is 1. The highest BCUT2D eigenvalue weighted by Crippen LogP contribution is 2.20. The van der Waals surface area contributed by atoms with Crippen LogP contribution in [0.15, 0.2) is 0 Å². The minimum Gasteiger partial charge on any atom is -0.378 e. The number of morpholine rings is 1. The predicted octanol–water partition coefficient (Wildman–Crippen LogP) is 5.30. The van der Waals surface area contributed by atoms with Crippen molar-refractivity contribution in [2.24, 2.45) is 0 Å². The van der Waals surface area contributed by atoms with Gasteiger partial charge in [0.25, 0.3) is 0 Å². The van der Waals surface area contributed by atoms with Crippen LogP contribution in [0, 0.1) is 0 Å². The highest BCUT2D eigenvalue weighted by Gasteiger charge is 2.29. The minimum absolute atomic E-state index is 0.267. The first-order valence-electron chi connectivity index (χ1n) is 7.52.